The summed E-state index contributed by atoms with van der Waals surface area (Å²) in [7, 11) is 0. The first kappa shape index (κ1) is 17.5. The number of esters is 1. The number of ether oxygens (including phenoxy) is 1. The Hall–Kier alpha value is -2.88. The highest BCUT2D eigenvalue weighted by molar-refractivity contribution is 7.99. The number of nitrogen functional groups attached to an aromatic ring is 1. The van der Waals surface area contributed by atoms with Gasteiger partial charge in [0.05, 0.1) is 17.9 Å². The fourth-order valence-electron chi connectivity index (χ4n) is 1.70. The van der Waals surface area contributed by atoms with Crippen LogP contribution in [0.2, 0.25) is 0 Å². The molecule has 24 heavy (non-hydrogen) atoms. The fourth-order valence-corrected chi connectivity index (χ4v) is 2.36. The number of nitrogens with zero attached hydrogens (tertiary/aromatic N) is 3. The summed E-state index contributed by atoms with van der Waals surface area (Å²) < 4.78 is 5.71. The van der Waals surface area contributed by atoms with Gasteiger partial charge in [0, 0.05) is 5.69 Å². The number of thioether (sulfide) groups is 1. The Bertz CT molecular complexity index is 808. The molecular formula is C14H15N5O4S. The highest BCUT2D eigenvalue weighted by Gasteiger charge is 2.11. The van der Waals surface area contributed by atoms with E-state index in [9.17, 15) is 14.4 Å². The fraction of sp³-hybridized carbons (Fsp3) is 0.214. The smallest absolute Gasteiger partial charge is 0.338 e. The van der Waals surface area contributed by atoms with Crippen LogP contribution in [0.15, 0.2) is 40.4 Å². The van der Waals surface area contributed by atoms with E-state index in [1.165, 1.54) is 6.07 Å². The van der Waals surface area contributed by atoms with Crippen LogP contribution in [0.1, 0.15) is 17.3 Å². The molecule has 0 aliphatic rings. The van der Waals surface area contributed by atoms with E-state index in [4.69, 9.17) is 10.6 Å². The molecule has 0 saturated heterocycles. The van der Waals surface area contributed by atoms with Gasteiger partial charge in [0.15, 0.2) is 0 Å². The average Bonchev–Trinajstić information content (AvgIpc) is 2.56. The molecule has 0 spiro atoms. The predicted molar refractivity (Wildman–Crippen MR) is 88.2 cm³/mol. The molecule has 1 amide bonds. The molecule has 0 aliphatic carbocycles. The number of nitrogens with two attached hydrogens (primary N) is 1. The van der Waals surface area contributed by atoms with Crippen molar-refractivity contribution in [3.63, 3.8) is 0 Å². The lowest BCUT2D eigenvalue weighted by Crippen LogP contribution is -2.30. The Morgan fingerprint density at radius 3 is 2.96 bits per heavy atom. The van der Waals surface area contributed by atoms with Crippen molar-refractivity contribution in [2.24, 2.45) is 0 Å². The van der Waals surface area contributed by atoms with Crippen molar-refractivity contribution in [3.05, 3.63) is 46.4 Å². The van der Waals surface area contributed by atoms with Gasteiger partial charge in [0.1, 0.15) is 6.20 Å². The van der Waals surface area contributed by atoms with Crippen molar-refractivity contribution in [2.75, 3.05) is 23.5 Å². The highest BCUT2D eigenvalue weighted by Crippen LogP contribution is 2.14. The molecule has 1 aromatic heterocycles. The van der Waals surface area contributed by atoms with Crippen LogP contribution < -0.4 is 16.7 Å². The molecule has 0 unspecified atom stereocenters. The summed E-state index contributed by atoms with van der Waals surface area (Å²) in [6, 6.07) is 6.39. The minimum atomic E-state index is -0.518. The molecule has 3 N–H and O–H groups in total. The maximum absolute atomic E-state index is 12.0. The van der Waals surface area contributed by atoms with Gasteiger partial charge in [0.2, 0.25) is 11.1 Å². The Morgan fingerprint density at radius 2 is 2.21 bits per heavy atom. The molecular weight excluding hydrogens is 334 g/mol. The Labute approximate surface area is 141 Å². The van der Waals surface area contributed by atoms with E-state index in [-0.39, 0.29) is 23.4 Å². The number of benzene rings is 1. The summed E-state index contributed by atoms with van der Waals surface area (Å²) in [4.78, 5) is 34.9. The largest absolute Gasteiger partial charge is 0.462 e. The number of anilines is 1. The first-order chi connectivity index (χ1) is 11.5. The SMILES string of the molecule is CCOC(=O)c1cccc(NC(=O)CSc2nncc(=O)n2N)c1. The molecule has 0 radical (unpaired) electrons. The lowest BCUT2D eigenvalue weighted by atomic mass is 10.2. The Morgan fingerprint density at radius 1 is 1.42 bits per heavy atom. The van der Waals surface area contributed by atoms with Gasteiger partial charge in [-0.3, -0.25) is 9.59 Å². The molecule has 126 valence electrons. The van der Waals surface area contributed by atoms with E-state index in [0.717, 1.165) is 22.6 Å². The molecule has 2 rings (SSSR count). The number of hydrogen-bond acceptors (Lipinski definition) is 8. The Balaban J connectivity index is 1.97. The van der Waals surface area contributed by atoms with Crippen LogP contribution in [-0.2, 0) is 9.53 Å². The number of carbonyl (C=O) groups is 2. The van der Waals surface area contributed by atoms with E-state index < -0.39 is 11.5 Å². The summed E-state index contributed by atoms with van der Waals surface area (Å²) in [5.41, 5.74) is 0.275. The van der Waals surface area contributed by atoms with Crippen molar-refractivity contribution in [2.45, 2.75) is 12.1 Å². The molecule has 0 aliphatic heterocycles. The maximum Gasteiger partial charge on any atom is 0.338 e. The zero-order chi connectivity index (χ0) is 17.5. The maximum atomic E-state index is 12.0. The molecule has 1 aromatic carbocycles. The second-order valence-corrected chi connectivity index (χ2v) is 5.42. The van der Waals surface area contributed by atoms with E-state index in [2.05, 4.69) is 15.5 Å². The topological polar surface area (TPSA) is 129 Å². The van der Waals surface area contributed by atoms with Crippen LogP contribution in [0.5, 0.6) is 0 Å². The lowest BCUT2D eigenvalue weighted by molar-refractivity contribution is -0.113. The van der Waals surface area contributed by atoms with Crippen molar-refractivity contribution in [1.82, 2.24) is 14.9 Å². The number of carbonyl (C=O) groups excluding carboxylic acids is 2. The summed E-state index contributed by atoms with van der Waals surface area (Å²) in [6.45, 7) is 1.98. The van der Waals surface area contributed by atoms with Gasteiger partial charge in [-0.15, -0.1) is 5.10 Å². The first-order valence-corrected chi connectivity index (χ1v) is 7.89. The zero-order valence-corrected chi connectivity index (χ0v) is 13.6. The number of amides is 1. The number of hydrogen-bond donors (Lipinski definition) is 2. The molecule has 1 heterocycles. The van der Waals surface area contributed by atoms with Crippen molar-refractivity contribution in [3.8, 4) is 0 Å². The van der Waals surface area contributed by atoms with Gasteiger partial charge in [-0.2, -0.15) is 9.77 Å². The lowest BCUT2D eigenvalue weighted by Gasteiger charge is -2.08. The van der Waals surface area contributed by atoms with Crippen LogP contribution in [-0.4, -0.2) is 39.1 Å². The van der Waals surface area contributed by atoms with Gasteiger partial charge >= 0.3 is 5.97 Å². The summed E-state index contributed by atoms with van der Waals surface area (Å²) >= 11 is 0.968. The van der Waals surface area contributed by atoms with Crippen LogP contribution in [0, 0.1) is 0 Å². The predicted octanol–water partition coefficient (Wildman–Crippen LogP) is 0.260. The molecule has 2 aromatic rings. The zero-order valence-electron chi connectivity index (χ0n) is 12.8. The van der Waals surface area contributed by atoms with Gasteiger partial charge in [0.25, 0.3) is 5.56 Å². The van der Waals surface area contributed by atoms with Crippen molar-refractivity contribution in [1.29, 1.82) is 0 Å². The van der Waals surface area contributed by atoms with E-state index in [1.54, 1.807) is 25.1 Å². The standard InChI is InChI=1S/C14H15N5O4S/c1-2-23-13(22)9-4-3-5-10(6-9)17-11(20)8-24-14-18-16-7-12(21)19(14)15/h3-7H,2,8,15H2,1H3,(H,17,20). The number of rotatable bonds is 6. The molecule has 0 atom stereocenters. The van der Waals surface area contributed by atoms with Gasteiger partial charge in [-0.25, -0.2) is 4.79 Å². The molecule has 0 fully saturated rings. The van der Waals surface area contributed by atoms with E-state index >= 15 is 0 Å². The van der Waals surface area contributed by atoms with E-state index in [1.807, 2.05) is 0 Å². The minimum absolute atomic E-state index is 0.0288. The summed E-state index contributed by atoms with van der Waals surface area (Å²) in [6.07, 6.45) is 0.977. The highest BCUT2D eigenvalue weighted by atomic mass is 32.2. The third-order valence-corrected chi connectivity index (χ3v) is 3.69. The molecule has 0 bridgehead atoms. The molecule has 0 saturated carbocycles. The molecule has 10 heteroatoms. The summed E-state index contributed by atoms with van der Waals surface area (Å²) in [5.74, 6) is 4.66. The van der Waals surface area contributed by atoms with E-state index in [0.29, 0.717) is 11.3 Å². The van der Waals surface area contributed by atoms with Crippen LogP contribution in [0.4, 0.5) is 5.69 Å². The van der Waals surface area contributed by atoms with Gasteiger partial charge < -0.3 is 15.9 Å². The summed E-state index contributed by atoms with van der Waals surface area (Å²) in [5, 5.41) is 9.94. The van der Waals surface area contributed by atoms with Crippen LogP contribution >= 0.6 is 11.8 Å². The van der Waals surface area contributed by atoms with Gasteiger partial charge in [-0.05, 0) is 25.1 Å². The molecule has 9 nitrogen and oxygen atoms in total. The Kier molecular flexibility index (Phi) is 5.90. The average molecular weight is 349 g/mol. The van der Waals surface area contributed by atoms with Crippen molar-refractivity contribution < 1.29 is 14.3 Å². The first-order valence-electron chi connectivity index (χ1n) is 6.91. The minimum Gasteiger partial charge on any atom is -0.462 e. The quantitative estimate of drug-likeness (QED) is 0.431. The number of aromatic nitrogens is 3. The monoisotopic (exact) mass is 349 g/mol. The third kappa shape index (κ3) is 4.56. The second-order valence-electron chi connectivity index (χ2n) is 4.47. The van der Waals surface area contributed by atoms with Crippen molar-refractivity contribution >= 4 is 29.3 Å². The van der Waals surface area contributed by atoms with Crippen LogP contribution in [0.3, 0.4) is 0 Å². The van der Waals surface area contributed by atoms with Crippen LogP contribution in [0.25, 0.3) is 0 Å². The van der Waals surface area contributed by atoms with Gasteiger partial charge in [-0.1, -0.05) is 17.8 Å². The normalized spacial score (nSPS) is 10.2. The number of nitrogens with one attached hydrogen (secondary N) is 1. The second kappa shape index (κ2) is 8.11. The third-order valence-electron chi connectivity index (χ3n) is 2.74.